The van der Waals surface area contributed by atoms with E-state index in [0.29, 0.717) is 89.2 Å². The number of oxazole rings is 2. The minimum Gasteiger partial charge on any atom is -0.748 e. The Labute approximate surface area is 601 Å². The predicted octanol–water partition coefficient (Wildman–Crippen LogP) is 14.0. The molecular formula is C75H89ClN6O15S4. The summed E-state index contributed by atoms with van der Waals surface area (Å²) in [6.07, 6.45) is 7.81. The minimum absolute atomic E-state index is 0.0568. The Kier molecular flexibility index (Phi) is 29.1. The molecule has 9 aromatic rings. The molecule has 4 heterocycles. The van der Waals surface area contributed by atoms with E-state index in [-0.39, 0.29) is 25.5 Å². The van der Waals surface area contributed by atoms with Crippen LogP contribution < -0.4 is 23.7 Å². The van der Waals surface area contributed by atoms with E-state index in [0.717, 1.165) is 55.9 Å². The van der Waals surface area contributed by atoms with Gasteiger partial charge in [-0.1, -0.05) is 175 Å². The molecular weight excluding hydrogens is 1390 g/mol. The Morgan fingerprint density at radius 2 is 1.10 bits per heavy atom. The molecule has 0 radical (unpaired) electrons. The number of fused-ring (bicyclic) bond motifs is 4. The van der Waals surface area contributed by atoms with Gasteiger partial charge in [-0.25, -0.2) is 16.8 Å². The molecule has 21 nitrogen and oxygen atoms in total. The SMILES string of the molecule is CCC(=Cc1oc2ccc(-c3ccccc3)cc2[n+]1CCS(=O)(=O)[O-])C=C1Cc2ccc(Cl)cc2N1CCCOS(=O)O.CCN(CC)CC.CCN(CC)CC.O=S(=O)([O-])CCCCN1C(=Cc2oc3ccc(-c4ccccc4)cc3[n+]2CS(=O)(=O)O)Oc2ccc(-c3ccccc3)cc21. The van der Waals surface area contributed by atoms with Gasteiger partial charge in [-0.2, -0.15) is 17.2 Å². The molecule has 0 bridgehead atoms. The Morgan fingerprint density at radius 1 is 0.594 bits per heavy atom. The summed E-state index contributed by atoms with van der Waals surface area (Å²) in [6, 6.07) is 51.7. The number of unbranched alkanes of at least 4 members (excludes halogenated alkanes) is 1. The molecule has 2 aliphatic rings. The molecule has 0 spiro atoms. The number of hydrogen-bond donors (Lipinski definition) is 2. The fourth-order valence-electron chi connectivity index (χ4n) is 11.8. The normalized spacial score (nSPS) is 14.2. The first-order valence-electron chi connectivity index (χ1n) is 33.7. The molecule has 1 unspecified atom stereocenters. The van der Waals surface area contributed by atoms with Crippen LogP contribution in [0.5, 0.6) is 5.75 Å². The number of aryl methyl sites for hydroxylation is 1. The number of allylic oxidation sites excluding steroid dienone is 3. The predicted molar refractivity (Wildman–Crippen MR) is 399 cm³/mol. The topological polar surface area (TPSA) is 272 Å². The summed E-state index contributed by atoms with van der Waals surface area (Å²) in [5.74, 6) is -0.431. The maximum Gasteiger partial charge on any atom is 0.380 e. The highest BCUT2D eigenvalue weighted by Gasteiger charge is 2.33. The largest absolute Gasteiger partial charge is 0.748 e. The van der Waals surface area contributed by atoms with Crippen molar-refractivity contribution < 1.29 is 74.6 Å². The Bertz CT molecular complexity index is 4680. The first-order valence-corrected chi connectivity index (χ1v) is 39.9. The van der Waals surface area contributed by atoms with E-state index < -0.39 is 59.1 Å². The maximum absolute atomic E-state index is 12.1. The van der Waals surface area contributed by atoms with Gasteiger partial charge in [0.25, 0.3) is 16.9 Å². The van der Waals surface area contributed by atoms with Crippen molar-refractivity contribution in [3.8, 4) is 39.1 Å². The van der Waals surface area contributed by atoms with Gasteiger partial charge in [-0.05, 0) is 152 Å². The fraction of sp³-hybridized carbons (Fsp3) is 0.333. The summed E-state index contributed by atoms with van der Waals surface area (Å²) in [6.45, 7) is 23.2. The van der Waals surface area contributed by atoms with Gasteiger partial charge >= 0.3 is 33.3 Å². The standard InChI is InChI=1S/C32H28N2O8S2.C31H31ClN2O7S2.2C6H15N/c35-43(36,37)18-8-7-17-33-27-19-25(23-9-3-1-4-10-23)13-15-29(27)41-31(33)21-32-34(22-44(38,39)40)28-20-26(14-16-30(28)42-32)24-11-5-2-6-12-24;1-2-22(17-27-19-25-9-11-26(32)21-28(25)33(27)13-6-15-40-42(35)36)18-31-34(14-16-43(37,38)39)29-20-24(10-12-30(29)41-31)23-7-4-3-5-8-23;2*1-4-7(5-2)6-3/h1-6,9-16,19-21H,7-8,17-18,22H2,(H-,35,36,37,38,39,40);3-5,7-12,17-18,20-21H,2,6,13-16,19H2,1H3,(H-,35,36,37,38,39);2*4-6H2,1-3H3. The van der Waals surface area contributed by atoms with Crippen molar-refractivity contribution in [3.63, 3.8) is 0 Å². The molecule has 101 heavy (non-hydrogen) atoms. The molecule has 1 atom stereocenters. The third kappa shape index (κ3) is 23.1. The van der Waals surface area contributed by atoms with Crippen molar-refractivity contribution in [2.24, 2.45) is 0 Å². The first kappa shape index (κ1) is 78.8. The summed E-state index contributed by atoms with van der Waals surface area (Å²) in [4.78, 5) is 8.71. The van der Waals surface area contributed by atoms with Gasteiger partial charge in [0.05, 0.1) is 34.2 Å². The zero-order chi connectivity index (χ0) is 72.9. The minimum atomic E-state index is -4.47. The fourth-order valence-corrected chi connectivity index (χ4v) is 13.7. The second-order valence-corrected chi connectivity index (χ2v) is 29.3. The van der Waals surface area contributed by atoms with Crippen LogP contribution in [0.4, 0.5) is 11.4 Å². The number of benzene rings is 7. The van der Waals surface area contributed by atoms with Crippen LogP contribution in [0.25, 0.3) is 67.7 Å². The van der Waals surface area contributed by atoms with Crippen molar-refractivity contribution in [3.05, 3.63) is 209 Å². The molecule has 11 rings (SSSR count). The van der Waals surface area contributed by atoms with E-state index >= 15 is 0 Å². The van der Waals surface area contributed by atoms with Crippen molar-refractivity contribution in [1.29, 1.82) is 0 Å². The van der Waals surface area contributed by atoms with Crippen LogP contribution in [0.1, 0.15) is 91.5 Å². The molecule has 540 valence electrons. The van der Waals surface area contributed by atoms with Crippen LogP contribution in [0.3, 0.4) is 0 Å². The molecule has 0 fully saturated rings. The summed E-state index contributed by atoms with van der Waals surface area (Å²) in [5.41, 5.74) is 12.4. The van der Waals surface area contributed by atoms with Crippen LogP contribution in [0, 0.1) is 0 Å². The summed E-state index contributed by atoms with van der Waals surface area (Å²) < 4.78 is 149. The molecule has 7 aromatic carbocycles. The quantitative estimate of drug-likeness (QED) is 0.0200. The van der Waals surface area contributed by atoms with Gasteiger partial charge in [0.1, 0.15) is 16.2 Å². The lowest BCUT2D eigenvalue weighted by Gasteiger charge is -2.22. The molecule has 0 aliphatic carbocycles. The third-order valence-electron chi connectivity index (χ3n) is 17.2. The number of aromatic nitrogens is 2. The van der Waals surface area contributed by atoms with Crippen molar-refractivity contribution >= 4 is 99.0 Å². The number of hydrogen-bond acceptors (Lipinski definition) is 17. The maximum atomic E-state index is 12.1. The Balaban J connectivity index is 0.000000216. The lowest BCUT2D eigenvalue weighted by Crippen LogP contribution is -2.39. The van der Waals surface area contributed by atoms with E-state index in [4.69, 9.17) is 33.9 Å². The monoisotopic (exact) mass is 1480 g/mol. The van der Waals surface area contributed by atoms with Crippen molar-refractivity contribution in [2.75, 3.05) is 80.3 Å². The number of rotatable bonds is 28. The third-order valence-corrected chi connectivity index (χ3v) is 19.8. The lowest BCUT2D eigenvalue weighted by molar-refractivity contribution is -0.673. The molecule has 26 heteroatoms. The smallest absolute Gasteiger partial charge is 0.380 e. The molecule has 0 saturated heterocycles. The lowest BCUT2D eigenvalue weighted by atomic mass is 10.0. The highest BCUT2D eigenvalue weighted by Crippen LogP contribution is 2.43. The van der Waals surface area contributed by atoms with E-state index in [1.807, 2.05) is 170 Å². The van der Waals surface area contributed by atoms with Gasteiger partial charge < -0.3 is 42.3 Å². The molecule has 0 amide bonds. The second kappa shape index (κ2) is 37.3. The van der Waals surface area contributed by atoms with Crippen LogP contribution in [-0.4, -0.2) is 128 Å². The molecule has 2 aliphatic heterocycles. The van der Waals surface area contributed by atoms with Crippen LogP contribution in [0.2, 0.25) is 5.02 Å². The highest BCUT2D eigenvalue weighted by molar-refractivity contribution is 7.86. The number of nitrogens with zero attached hydrogens (tertiary/aromatic N) is 6. The van der Waals surface area contributed by atoms with Gasteiger partial charge in [-0.15, -0.1) is 4.57 Å². The molecule has 2 N–H and O–H groups in total. The Morgan fingerprint density at radius 3 is 1.59 bits per heavy atom. The molecule has 2 aromatic heterocycles. The number of anilines is 2. The average molecular weight is 1480 g/mol. The summed E-state index contributed by atoms with van der Waals surface area (Å²) >= 11 is 3.99. The zero-order valence-electron chi connectivity index (χ0n) is 57.9. The second-order valence-electron chi connectivity index (χ2n) is 23.7. The van der Waals surface area contributed by atoms with E-state index in [1.54, 1.807) is 22.8 Å². The van der Waals surface area contributed by atoms with Gasteiger partial charge in [0.2, 0.25) is 17.0 Å². The summed E-state index contributed by atoms with van der Waals surface area (Å²) in [7, 11) is -13.3. The van der Waals surface area contributed by atoms with Gasteiger partial charge in [-0.3, -0.25) is 13.3 Å². The average Bonchev–Trinajstić information content (AvgIpc) is 1.63. The van der Waals surface area contributed by atoms with Crippen LogP contribution >= 0.6 is 11.6 Å². The number of ether oxygens (including phenoxy) is 1. The first-order chi connectivity index (χ1) is 48.3. The Hall–Kier alpha value is -7.89. The van der Waals surface area contributed by atoms with Crippen LogP contribution in [0.15, 0.2) is 196 Å². The van der Waals surface area contributed by atoms with Crippen molar-refractivity contribution in [1.82, 2.24) is 9.80 Å². The zero-order valence-corrected chi connectivity index (χ0v) is 62.0. The highest BCUT2D eigenvalue weighted by atomic mass is 35.5. The van der Waals surface area contributed by atoms with Gasteiger partial charge in [0, 0.05) is 53.8 Å². The molecule has 0 saturated carbocycles. The summed E-state index contributed by atoms with van der Waals surface area (Å²) in [5, 5.41) is 0.607. The van der Waals surface area contributed by atoms with E-state index in [1.165, 1.54) is 43.8 Å². The van der Waals surface area contributed by atoms with Crippen molar-refractivity contribution in [2.45, 2.75) is 93.0 Å². The van der Waals surface area contributed by atoms with Crippen LogP contribution in [-0.2, 0) is 64.7 Å². The van der Waals surface area contributed by atoms with E-state index in [9.17, 15) is 43.1 Å². The van der Waals surface area contributed by atoms with E-state index in [2.05, 4.69) is 62.3 Å². The number of halogens is 1. The van der Waals surface area contributed by atoms with Gasteiger partial charge in [0.15, 0.2) is 12.3 Å².